The highest BCUT2D eigenvalue weighted by Gasteiger charge is 2.34. The fourth-order valence-electron chi connectivity index (χ4n) is 2.21. The van der Waals surface area contributed by atoms with Crippen LogP contribution in [-0.2, 0) is 10.9 Å². The second kappa shape index (κ2) is 6.34. The fraction of sp³-hybridized carbons (Fsp3) is 0.500. The van der Waals surface area contributed by atoms with Gasteiger partial charge in [0.05, 0.1) is 12.2 Å². The van der Waals surface area contributed by atoms with E-state index in [1.807, 2.05) is 0 Å². The first kappa shape index (κ1) is 15.6. The average Bonchev–Trinajstić information content (AvgIpc) is 2.45. The van der Waals surface area contributed by atoms with Gasteiger partial charge in [-0.1, -0.05) is 0 Å². The standard InChI is InChI=1S/C14H17F3N2O2/c15-14(16,17)12-7-10(1-2-11(12)13(18)19)21-8-9-3-5-20-6-4-9/h1-2,7,9H,3-6,8H2,(H3,18,19). The lowest BCUT2D eigenvalue weighted by atomic mass is 10.0. The molecule has 0 bridgehead atoms. The predicted molar refractivity (Wildman–Crippen MR) is 71.5 cm³/mol. The van der Waals surface area contributed by atoms with Gasteiger partial charge < -0.3 is 15.2 Å². The van der Waals surface area contributed by atoms with Gasteiger partial charge in [0.15, 0.2) is 0 Å². The lowest BCUT2D eigenvalue weighted by Gasteiger charge is -2.22. The molecule has 1 aromatic carbocycles. The van der Waals surface area contributed by atoms with Gasteiger partial charge in [0.2, 0.25) is 0 Å². The van der Waals surface area contributed by atoms with Crippen LogP contribution < -0.4 is 10.5 Å². The van der Waals surface area contributed by atoms with Crippen molar-refractivity contribution in [1.82, 2.24) is 0 Å². The second-order valence-corrected chi connectivity index (χ2v) is 4.99. The predicted octanol–water partition coefficient (Wildman–Crippen LogP) is 2.79. The molecular weight excluding hydrogens is 285 g/mol. The Kier molecular flexibility index (Phi) is 4.72. The Morgan fingerprint density at radius 2 is 2.00 bits per heavy atom. The molecule has 0 amide bonds. The van der Waals surface area contributed by atoms with Gasteiger partial charge in [-0.2, -0.15) is 13.2 Å². The van der Waals surface area contributed by atoms with Crippen LogP contribution in [0.1, 0.15) is 24.0 Å². The minimum atomic E-state index is -4.57. The zero-order valence-corrected chi connectivity index (χ0v) is 11.4. The Morgan fingerprint density at radius 1 is 1.33 bits per heavy atom. The zero-order valence-electron chi connectivity index (χ0n) is 11.4. The van der Waals surface area contributed by atoms with Crippen LogP contribution in [-0.4, -0.2) is 25.7 Å². The van der Waals surface area contributed by atoms with Crippen molar-refractivity contribution in [3.05, 3.63) is 29.3 Å². The normalized spacial score (nSPS) is 16.7. The van der Waals surface area contributed by atoms with Crippen LogP contribution in [0.4, 0.5) is 13.2 Å². The van der Waals surface area contributed by atoms with Gasteiger partial charge >= 0.3 is 6.18 Å². The van der Waals surface area contributed by atoms with Gasteiger partial charge in [-0.15, -0.1) is 0 Å². The van der Waals surface area contributed by atoms with E-state index in [2.05, 4.69) is 0 Å². The number of hydrogen-bond acceptors (Lipinski definition) is 3. The number of halogens is 3. The Bertz CT molecular complexity index is 511. The fourth-order valence-corrected chi connectivity index (χ4v) is 2.21. The number of nitrogens with two attached hydrogens (primary N) is 1. The molecule has 21 heavy (non-hydrogen) atoms. The Hall–Kier alpha value is -1.76. The third-order valence-corrected chi connectivity index (χ3v) is 3.41. The van der Waals surface area contributed by atoms with Gasteiger partial charge in [0.1, 0.15) is 11.6 Å². The summed E-state index contributed by atoms with van der Waals surface area (Å²) in [6.07, 6.45) is -2.88. The molecule has 1 fully saturated rings. The van der Waals surface area contributed by atoms with E-state index in [9.17, 15) is 13.2 Å². The summed E-state index contributed by atoms with van der Waals surface area (Å²) in [5.74, 6) is -0.183. The van der Waals surface area contributed by atoms with E-state index in [1.165, 1.54) is 12.1 Å². The molecule has 1 saturated heterocycles. The summed E-state index contributed by atoms with van der Waals surface area (Å²) in [4.78, 5) is 0. The highest BCUT2D eigenvalue weighted by Crippen LogP contribution is 2.34. The quantitative estimate of drug-likeness (QED) is 0.664. The number of rotatable bonds is 4. The monoisotopic (exact) mass is 302 g/mol. The van der Waals surface area contributed by atoms with Crippen LogP contribution in [0.15, 0.2) is 18.2 Å². The van der Waals surface area contributed by atoms with Crippen LogP contribution in [0.2, 0.25) is 0 Å². The molecule has 116 valence electrons. The molecule has 1 aliphatic heterocycles. The number of ether oxygens (including phenoxy) is 2. The van der Waals surface area contributed by atoms with Crippen LogP contribution in [0.3, 0.4) is 0 Å². The summed E-state index contributed by atoms with van der Waals surface area (Å²) < 4.78 is 49.5. The smallest absolute Gasteiger partial charge is 0.417 e. The number of hydrogen-bond donors (Lipinski definition) is 2. The highest BCUT2D eigenvalue weighted by molar-refractivity contribution is 5.96. The number of nitrogen functional groups attached to an aromatic ring is 1. The number of amidine groups is 1. The molecule has 4 nitrogen and oxygen atoms in total. The first-order valence-electron chi connectivity index (χ1n) is 6.64. The van der Waals surface area contributed by atoms with Crippen molar-refractivity contribution >= 4 is 5.84 Å². The van der Waals surface area contributed by atoms with Crippen molar-refractivity contribution in [2.75, 3.05) is 19.8 Å². The molecule has 0 spiro atoms. The Balaban J connectivity index is 2.11. The summed E-state index contributed by atoms with van der Waals surface area (Å²) in [6, 6.07) is 3.48. The summed E-state index contributed by atoms with van der Waals surface area (Å²) in [6.45, 7) is 1.68. The van der Waals surface area contributed by atoms with Gasteiger partial charge in [0, 0.05) is 18.8 Å². The molecule has 0 saturated carbocycles. The van der Waals surface area contributed by atoms with Crippen LogP contribution in [0.5, 0.6) is 5.75 Å². The number of alkyl halides is 3. The molecule has 7 heteroatoms. The highest BCUT2D eigenvalue weighted by atomic mass is 19.4. The number of benzene rings is 1. The zero-order chi connectivity index (χ0) is 15.5. The van der Waals surface area contributed by atoms with Crippen molar-refractivity contribution in [3.8, 4) is 5.75 Å². The molecule has 0 unspecified atom stereocenters. The molecular formula is C14H17F3N2O2. The van der Waals surface area contributed by atoms with Crippen LogP contribution in [0, 0.1) is 11.3 Å². The Morgan fingerprint density at radius 3 is 2.57 bits per heavy atom. The molecule has 2 rings (SSSR count). The summed E-state index contributed by atoms with van der Waals surface area (Å²) in [5.41, 5.74) is 3.90. The average molecular weight is 302 g/mol. The minimum Gasteiger partial charge on any atom is -0.493 e. The van der Waals surface area contributed by atoms with Crippen molar-refractivity contribution in [2.24, 2.45) is 11.7 Å². The van der Waals surface area contributed by atoms with E-state index in [0.29, 0.717) is 25.7 Å². The summed E-state index contributed by atoms with van der Waals surface area (Å²) in [5, 5.41) is 7.21. The van der Waals surface area contributed by atoms with E-state index in [1.54, 1.807) is 0 Å². The SMILES string of the molecule is N=C(N)c1ccc(OCC2CCOCC2)cc1C(F)(F)F. The van der Waals surface area contributed by atoms with Gasteiger partial charge in [-0.3, -0.25) is 5.41 Å². The van der Waals surface area contributed by atoms with E-state index in [-0.39, 0.29) is 11.3 Å². The lowest BCUT2D eigenvalue weighted by Crippen LogP contribution is -2.22. The van der Waals surface area contributed by atoms with E-state index in [0.717, 1.165) is 18.9 Å². The van der Waals surface area contributed by atoms with Crippen molar-refractivity contribution in [1.29, 1.82) is 5.41 Å². The first-order chi connectivity index (χ1) is 9.88. The molecule has 0 aromatic heterocycles. The molecule has 1 aromatic rings. The van der Waals surface area contributed by atoms with Crippen LogP contribution >= 0.6 is 0 Å². The van der Waals surface area contributed by atoms with Crippen molar-refractivity contribution in [3.63, 3.8) is 0 Å². The maximum Gasteiger partial charge on any atom is 0.417 e. The minimum absolute atomic E-state index is 0.138. The van der Waals surface area contributed by atoms with Crippen molar-refractivity contribution < 1.29 is 22.6 Å². The number of nitrogens with one attached hydrogen (secondary N) is 1. The summed E-state index contributed by atoms with van der Waals surface area (Å²) >= 11 is 0. The van der Waals surface area contributed by atoms with Gasteiger partial charge in [-0.05, 0) is 37.0 Å². The molecule has 0 radical (unpaired) electrons. The second-order valence-electron chi connectivity index (χ2n) is 4.99. The first-order valence-corrected chi connectivity index (χ1v) is 6.64. The molecule has 1 heterocycles. The third-order valence-electron chi connectivity index (χ3n) is 3.41. The topological polar surface area (TPSA) is 68.3 Å². The molecule has 3 N–H and O–H groups in total. The van der Waals surface area contributed by atoms with E-state index >= 15 is 0 Å². The van der Waals surface area contributed by atoms with Crippen LogP contribution in [0.25, 0.3) is 0 Å². The molecule has 0 atom stereocenters. The maximum absolute atomic E-state index is 13.0. The van der Waals surface area contributed by atoms with E-state index in [4.69, 9.17) is 20.6 Å². The van der Waals surface area contributed by atoms with Gasteiger partial charge in [-0.25, -0.2) is 0 Å². The summed E-state index contributed by atoms with van der Waals surface area (Å²) in [7, 11) is 0. The molecule has 1 aliphatic rings. The third kappa shape index (κ3) is 4.10. The largest absolute Gasteiger partial charge is 0.493 e. The molecule has 0 aliphatic carbocycles. The lowest BCUT2D eigenvalue weighted by molar-refractivity contribution is -0.137. The Labute approximate surface area is 120 Å². The van der Waals surface area contributed by atoms with Gasteiger partial charge in [0.25, 0.3) is 0 Å². The maximum atomic E-state index is 13.0. The van der Waals surface area contributed by atoms with E-state index < -0.39 is 17.6 Å². The van der Waals surface area contributed by atoms with Crippen molar-refractivity contribution in [2.45, 2.75) is 19.0 Å².